The normalized spacial score (nSPS) is 10.9. The number of carboxylic acid groups (broad SMARTS) is 1. The van der Waals surface area contributed by atoms with Crippen molar-refractivity contribution in [3.63, 3.8) is 0 Å². The maximum atomic E-state index is 13.5. The highest BCUT2D eigenvalue weighted by atomic mass is 19.2. The SMILES string of the molecule is O=C(O)c1coc(Cn2cc(CN(Cc3ccccc3)C(=O)CCc3ccc(F)c(F)c3)nn2)n1. The lowest BCUT2D eigenvalue weighted by atomic mass is 10.1. The predicted molar refractivity (Wildman–Crippen MR) is 118 cm³/mol. The Bertz CT molecular complexity index is 1320. The van der Waals surface area contributed by atoms with Crippen molar-refractivity contribution in [3.05, 3.63) is 101 Å². The van der Waals surface area contributed by atoms with Crippen molar-refractivity contribution in [2.24, 2.45) is 0 Å². The van der Waals surface area contributed by atoms with E-state index in [9.17, 15) is 18.4 Å². The van der Waals surface area contributed by atoms with Crippen LogP contribution in [0.2, 0.25) is 0 Å². The summed E-state index contributed by atoms with van der Waals surface area (Å²) in [5.41, 5.74) is 1.74. The van der Waals surface area contributed by atoms with Crippen LogP contribution in [-0.4, -0.2) is 41.9 Å². The first-order valence-electron chi connectivity index (χ1n) is 10.7. The van der Waals surface area contributed by atoms with Gasteiger partial charge < -0.3 is 14.4 Å². The Hall–Kier alpha value is -4.41. The third-order valence-electron chi connectivity index (χ3n) is 5.19. The van der Waals surface area contributed by atoms with Crippen LogP contribution in [0.25, 0.3) is 0 Å². The molecule has 2 aromatic heterocycles. The molecule has 0 atom stereocenters. The van der Waals surface area contributed by atoms with Gasteiger partial charge >= 0.3 is 5.97 Å². The first-order chi connectivity index (χ1) is 16.9. The fourth-order valence-corrected chi connectivity index (χ4v) is 3.44. The van der Waals surface area contributed by atoms with E-state index in [0.29, 0.717) is 17.8 Å². The number of carbonyl (C=O) groups excluding carboxylic acids is 1. The van der Waals surface area contributed by atoms with E-state index in [-0.39, 0.29) is 43.4 Å². The molecule has 2 heterocycles. The summed E-state index contributed by atoms with van der Waals surface area (Å²) >= 11 is 0. The van der Waals surface area contributed by atoms with E-state index < -0.39 is 17.6 Å². The third-order valence-corrected chi connectivity index (χ3v) is 5.19. The van der Waals surface area contributed by atoms with Gasteiger partial charge in [-0.05, 0) is 29.7 Å². The van der Waals surface area contributed by atoms with Crippen molar-refractivity contribution >= 4 is 11.9 Å². The lowest BCUT2D eigenvalue weighted by molar-refractivity contribution is -0.132. The third kappa shape index (κ3) is 6.34. The predicted octanol–water partition coefficient (Wildman–Crippen LogP) is 3.45. The smallest absolute Gasteiger partial charge is 0.357 e. The summed E-state index contributed by atoms with van der Waals surface area (Å²) in [5, 5.41) is 17.1. The maximum Gasteiger partial charge on any atom is 0.357 e. The molecule has 0 aliphatic carbocycles. The van der Waals surface area contributed by atoms with E-state index in [4.69, 9.17) is 9.52 Å². The first kappa shape index (κ1) is 23.7. The highest BCUT2D eigenvalue weighted by molar-refractivity contribution is 5.84. The molecule has 0 aliphatic rings. The van der Waals surface area contributed by atoms with Gasteiger partial charge in [-0.3, -0.25) is 4.79 Å². The molecule has 0 bridgehead atoms. The summed E-state index contributed by atoms with van der Waals surface area (Å²) in [6, 6.07) is 13.0. The Labute approximate surface area is 198 Å². The Balaban J connectivity index is 1.44. The molecule has 0 aliphatic heterocycles. The van der Waals surface area contributed by atoms with Gasteiger partial charge in [0.1, 0.15) is 18.5 Å². The number of oxazole rings is 1. The molecule has 1 N–H and O–H groups in total. The second-order valence-corrected chi connectivity index (χ2v) is 7.82. The van der Waals surface area contributed by atoms with Crippen molar-refractivity contribution in [2.75, 3.05) is 0 Å². The number of nitrogens with zero attached hydrogens (tertiary/aromatic N) is 5. The molecule has 11 heteroatoms. The number of halogens is 2. The van der Waals surface area contributed by atoms with E-state index >= 15 is 0 Å². The number of rotatable bonds is 10. The average Bonchev–Trinajstić information content (AvgIpc) is 3.50. The van der Waals surface area contributed by atoms with Gasteiger partial charge in [-0.1, -0.05) is 41.6 Å². The van der Waals surface area contributed by atoms with Crippen LogP contribution in [0.4, 0.5) is 8.78 Å². The molecule has 1 amide bonds. The van der Waals surface area contributed by atoms with Crippen LogP contribution in [0.3, 0.4) is 0 Å². The van der Waals surface area contributed by atoms with Crippen LogP contribution in [-0.2, 0) is 30.8 Å². The summed E-state index contributed by atoms with van der Waals surface area (Å²) in [4.78, 5) is 29.5. The number of hydrogen-bond donors (Lipinski definition) is 1. The van der Waals surface area contributed by atoms with Crippen LogP contribution in [0.15, 0.2) is 65.4 Å². The highest BCUT2D eigenvalue weighted by Crippen LogP contribution is 2.15. The topological polar surface area (TPSA) is 114 Å². The Morgan fingerprint density at radius 1 is 1.03 bits per heavy atom. The molecular formula is C24H21F2N5O4. The molecule has 0 saturated heterocycles. The number of benzene rings is 2. The largest absolute Gasteiger partial charge is 0.476 e. The fraction of sp³-hybridized carbons (Fsp3) is 0.208. The Morgan fingerprint density at radius 3 is 2.54 bits per heavy atom. The monoisotopic (exact) mass is 481 g/mol. The molecule has 4 rings (SSSR count). The Kier molecular flexibility index (Phi) is 7.24. The summed E-state index contributed by atoms with van der Waals surface area (Å²) in [6.07, 6.45) is 3.01. The number of carbonyl (C=O) groups is 2. The molecule has 35 heavy (non-hydrogen) atoms. The first-order valence-corrected chi connectivity index (χ1v) is 10.7. The summed E-state index contributed by atoms with van der Waals surface area (Å²) in [7, 11) is 0. The minimum Gasteiger partial charge on any atom is -0.476 e. The van der Waals surface area contributed by atoms with Gasteiger partial charge in [0, 0.05) is 13.0 Å². The number of amides is 1. The lowest BCUT2D eigenvalue weighted by Crippen LogP contribution is -2.30. The van der Waals surface area contributed by atoms with Gasteiger partial charge in [0.15, 0.2) is 17.3 Å². The van der Waals surface area contributed by atoms with E-state index in [2.05, 4.69) is 15.3 Å². The molecule has 9 nitrogen and oxygen atoms in total. The van der Waals surface area contributed by atoms with Gasteiger partial charge in [-0.25, -0.2) is 23.2 Å². The minimum atomic E-state index is -1.20. The molecule has 0 radical (unpaired) electrons. The molecule has 0 spiro atoms. The van der Waals surface area contributed by atoms with Crippen molar-refractivity contribution in [2.45, 2.75) is 32.5 Å². The van der Waals surface area contributed by atoms with Crippen molar-refractivity contribution < 1.29 is 27.9 Å². The molecule has 0 saturated carbocycles. The van der Waals surface area contributed by atoms with Crippen molar-refractivity contribution in [3.8, 4) is 0 Å². The van der Waals surface area contributed by atoms with Crippen molar-refractivity contribution in [1.82, 2.24) is 24.9 Å². The zero-order chi connectivity index (χ0) is 24.8. The molecule has 2 aromatic carbocycles. The maximum absolute atomic E-state index is 13.5. The van der Waals surface area contributed by atoms with Gasteiger partial charge in [0.2, 0.25) is 11.8 Å². The van der Waals surface area contributed by atoms with Crippen LogP contribution >= 0.6 is 0 Å². The zero-order valence-electron chi connectivity index (χ0n) is 18.5. The van der Waals surface area contributed by atoms with Gasteiger partial charge in [-0.2, -0.15) is 0 Å². The molecular weight excluding hydrogens is 460 g/mol. The number of hydrogen-bond acceptors (Lipinski definition) is 6. The molecule has 180 valence electrons. The van der Waals surface area contributed by atoms with E-state index in [1.165, 1.54) is 10.7 Å². The van der Waals surface area contributed by atoms with Crippen LogP contribution < -0.4 is 0 Å². The zero-order valence-corrected chi connectivity index (χ0v) is 18.5. The Morgan fingerprint density at radius 2 is 1.83 bits per heavy atom. The fourth-order valence-electron chi connectivity index (χ4n) is 3.44. The van der Waals surface area contributed by atoms with Crippen LogP contribution in [0.1, 0.15) is 39.6 Å². The standard InChI is InChI=1S/C24H21F2N5O4/c25-19-8-6-16(10-20(19)26)7-9-23(32)30(11-17-4-2-1-3-5-17)12-18-13-31(29-28-18)14-22-27-21(15-35-22)24(33)34/h1-6,8,10,13,15H,7,9,11-12,14H2,(H,33,34). The van der Waals surface area contributed by atoms with Gasteiger partial charge in [-0.15, -0.1) is 5.10 Å². The average molecular weight is 481 g/mol. The van der Waals surface area contributed by atoms with E-state index in [1.54, 1.807) is 11.1 Å². The number of aromatic carboxylic acids is 1. The van der Waals surface area contributed by atoms with Gasteiger partial charge in [0.05, 0.1) is 12.7 Å². The highest BCUT2D eigenvalue weighted by Gasteiger charge is 2.18. The minimum absolute atomic E-state index is 0.0725. The molecule has 0 unspecified atom stereocenters. The van der Waals surface area contributed by atoms with Gasteiger partial charge in [0.25, 0.3) is 0 Å². The summed E-state index contributed by atoms with van der Waals surface area (Å²) < 4.78 is 33.3. The van der Waals surface area contributed by atoms with Crippen LogP contribution in [0.5, 0.6) is 0 Å². The van der Waals surface area contributed by atoms with E-state index in [0.717, 1.165) is 24.0 Å². The lowest BCUT2D eigenvalue weighted by Gasteiger charge is -2.22. The van der Waals surface area contributed by atoms with E-state index in [1.807, 2.05) is 30.3 Å². The molecule has 0 fully saturated rings. The van der Waals surface area contributed by atoms with Crippen LogP contribution in [0, 0.1) is 11.6 Å². The summed E-state index contributed by atoms with van der Waals surface area (Å²) in [5.74, 6) is -3.11. The van der Waals surface area contributed by atoms with Crippen molar-refractivity contribution in [1.29, 1.82) is 0 Å². The second kappa shape index (κ2) is 10.7. The molecule has 4 aromatic rings. The second-order valence-electron chi connectivity index (χ2n) is 7.82. The quantitative estimate of drug-likeness (QED) is 0.369. The number of carboxylic acids is 1. The number of aryl methyl sites for hydroxylation is 1. The number of aromatic nitrogens is 4. The summed E-state index contributed by atoms with van der Waals surface area (Å²) in [6.45, 7) is 0.562.